The Hall–Kier alpha value is -3.52. The van der Waals surface area contributed by atoms with E-state index in [1.54, 1.807) is 61.7 Å². The molecule has 0 aromatic heterocycles. The number of anilines is 1. The lowest BCUT2D eigenvalue weighted by Gasteiger charge is -2.35. The monoisotopic (exact) mass is 494 g/mol. The number of sulfonamides is 1. The smallest absolute Gasteiger partial charge is 0.264 e. The summed E-state index contributed by atoms with van der Waals surface area (Å²) in [5.41, 5.74) is 1.35. The van der Waals surface area contributed by atoms with E-state index in [4.69, 9.17) is 9.47 Å². The molecular weight excluding hydrogens is 464 g/mol. The third kappa shape index (κ3) is 5.43. The number of carbonyl (C=O) groups is 1. The Morgan fingerprint density at radius 1 is 1.03 bits per heavy atom. The molecule has 8 heteroatoms. The number of rotatable bonds is 8. The van der Waals surface area contributed by atoms with Crippen LogP contribution in [0.25, 0.3) is 0 Å². The van der Waals surface area contributed by atoms with Crippen LogP contribution in [0, 0.1) is 5.92 Å². The van der Waals surface area contributed by atoms with Crippen molar-refractivity contribution in [2.45, 2.75) is 37.3 Å². The van der Waals surface area contributed by atoms with Crippen LogP contribution in [0.3, 0.4) is 0 Å². The van der Waals surface area contributed by atoms with Crippen LogP contribution >= 0.6 is 0 Å². The molecule has 1 aliphatic rings. The minimum Gasteiger partial charge on any atom is -0.497 e. The fourth-order valence-corrected chi connectivity index (χ4v) is 5.63. The van der Waals surface area contributed by atoms with Crippen LogP contribution in [0.4, 0.5) is 5.69 Å². The molecule has 0 saturated carbocycles. The highest BCUT2D eigenvalue weighted by Crippen LogP contribution is 2.37. The Balaban J connectivity index is 1.62. The number of nitrogens with one attached hydrogen (secondary N) is 1. The third-order valence-corrected chi connectivity index (χ3v) is 7.69. The van der Waals surface area contributed by atoms with Crippen LogP contribution in [-0.4, -0.2) is 34.1 Å². The number of ether oxygens (including phenoxy) is 2. The standard InChI is InChI=1S/C27H30N2O5S/c1-19(2)17-23(20-13-15-21(33-3)16-14-20)28-27(30)26-18-29(24-11-7-8-12-25(24)34-26)35(31,32)22-9-5-4-6-10-22/h4-16,19,23,26H,17-18H2,1-3H3,(H,28,30). The van der Waals surface area contributed by atoms with Crippen LogP contribution < -0.4 is 19.1 Å². The van der Waals surface area contributed by atoms with Gasteiger partial charge in [0, 0.05) is 0 Å². The fraction of sp³-hybridized carbons (Fsp3) is 0.296. The zero-order chi connectivity index (χ0) is 25.0. The molecule has 2 atom stereocenters. The summed E-state index contributed by atoms with van der Waals surface area (Å²) in [5.74, 6) is 1.04. The third-order valence-electron chi connectivity index (χ3n) is 5.90. The first-order valence-corrected chi connectivity index (χ1v) is 13.0. The highest BCUT2D eigenvalue weighted by Gasteiger charge is 2.38. The summed E-state index contributed by atoms with van der Waals surface area (Å²) in [6.07, 6.45) is -0.288. The Bertz CT molecular complexity index is 1260. The van der Waals surface area contributed by atoms with Crippen molar-refractivity contribution in [2.75, 3.05) is 18.0 Å². The zero-order valence-corrected chi connectivity index (χ0v) is 20.9. The lowest BCUT2D eigenvalue weighted by atomic mass is 9.96. The molecule has 0 bridgehead atoms. The number of para-hydroxylation sites is 2. The Kier molecular flexibility index (Phi) is 7.31. The number of fused-ring (bicyclic) bond motifs is 1. The summed E-state index contributed by atoms with van der Waals surface area (Å²) in [6.45, 7) is 4.05. The largest absolute Gasteiger partial charge is 0.497 e. The van der Waals surface area contributed by atoms with Gasteiger partial charge in [-0.05, 0) is 54.3 Å². The molecular formula is C27H30N2O5S. The Morgan fingerprint density at radius 2 is 1.69 bits per heavy atom. The van der Waals surface area contributed by atoms with Crippen LogP contribution in [0.2, 0.25) is 0 Å². The van der Waals surface area contributed by atoms with Crippen molar-refractivity contribution in [3.63, 3.8) is 0 Å². The second-order valence-electron chi connectivity index (χ2n) is 8.89. The molecule has 2 unspecified atom stereocenters. The van der Waals surface area contributed by atoms with Crippen molar-refractivity contribution in [1.29, 1.82) is 0 Å². The second-order valence-corrected chi connectivity index (χ2v) is 10.7. The van der Waals surface area contributed by atoms with E-state index >= 15 is 0 Å². The molecule has 0 spiro atoms. The molecule has 0 aliphatic carbocycles. The van der Waals surface area contributed by atoms with Gasteiger partial charge in [-0.15, -0.1) is 0 Å². The van der Waals surface area contributed by atoms with Gasteiger partial charge in [-0.2, -0.15) is 0 Å². The lowest BCUT2D eigenvalue weighted by Crippen LogP contribution is -2.51. The first kappa shape index (κ1) is 24.6. The number of nitrogens with zero attached hydrogens (tertiary/aromatic N) is 1. The highest BCUT2D eigenvalue weighted by molar-refractivity contribution is 7.92. The maximum atomic E-state index is 13.5. The van der Waals surface area contributed by atoms with E-state index in [2.05, 4.69) is 19.2 Å². The van der Waals surface area contributed by atoms with Crippen molar-refractivity contribution in [2.24, 2.45) is 5.92 Å². The van der Waals surface area contributed by atoms with Gasteiger partial charge in [-0.3, -0.25) is 9.10 Å². The van der Waals surface area contributed by atoms with Gasteiger partial charge in [0.15, 0.2) is 6.10 Å². The van der Waals surface area contributed by atoms with Gasteiger partial charge in [-0.1, -0.05) is 56.3 Å². The second kappa shape index (κ2) is 10.4. The molecule has 1 heterocycles. The molecule has 1 N–H and O–H groups in total. The number of benzene rings is 3. The van der Waals surface area contributed by atoms with Crippen LogP contribution in [0.5, 0.6) is 11.5 Å². The molecule has 0 radical (unpaired) electrons. The van der Waals surface area contributed by atoms with Crippen molar-refractivity contribution in [3.8, 4) is 11.5 Å². The van der Waals surface area contributed by atoms with Crippen molar-refractivity contribution in [1.82, 2.24) is 5.32 Å². The van der Waals surface area contributed by atoms with Crippen LogP contribution in [-0.2, 0) is 14.8 Å². The van der Waals surface area contributed by atoms with E-state index in [-0.39, 0.29) is 23.4 Å². The van der Waals surface area contributed by atoms with Crippen molar-refractivity contribution < 1.29 is 22.7 Å². The van der Waals surface area contributed by atoms with Crippen molar-refractivity contribution in [3.05, 3.63) is 84.4 Å². The van der Waals surface area contributed by atoms with Gasteiger partial charge in [0.2, 0.25) is 0 Å². The van der Waals surface area contributed by atoms with Crippen LogP contribution in [0.1, 0.15) is 31.9 Å². The summed E-state index contributed by atoms with van der Waals surface area (Å²) >= 11 is 0. The average Bonchev–Trinajstić information content (AvgIpc) is 2.87. The van der Waals surface area contributed by atoms with E-state index < -0.39 is 16.1 Å². The number of amides is 1. The Labute approximate surface area is 206 Å². The number of hydrogen-bond acceptors (Lipinski definition) is 5. The normalized spacial score (nSPS) is 16.2. The predicted molar refractivity (Wildman–Crippen MR) is 135 cm³/mol. The summed E-state index contributed by atoms with van der Waals surface area (Å²) in [4.78, 5) is 13.6. The minimum atomic E-state index is -3.89. The minimum absolute atomic E-state index is 0.128. The van der Waals surface area contributed by atoms with Crippen LogP contribution in [0.15, 0.2) is 83.8 Å². The maximum Gasteiger partial charge on any atom is 0.264 e. The highest BCUT2D eigenvalue weighted by atomic mass is 32.2. The van der Waals surface area contributed by atoms with E-state index in [9.17, 15) is 13.2 Å². The number of methoxy groups -OCH3 is 1. The maximum absolute atomic E-state index is 13.5. The predicted octanol–water partition coefficient (Wildman–Crippen LogP) is 4.56. The van der Waals surface area contributed by atoms with Gasteiger partial charge in [0.1, 0.15) is 11.5 Å². The summed E-state index contributed by atoms with van der Waals surface area (Å²) < 4.78 is 39.5. The van der Waals surface area contributed by atoms with Crippen molar-refractivity contribution >= 4 is 21.6 Å². The van der Waals surface area contributed by atoms with Gasteiger partial charge in [0.05, 0.1) is 30.3 Å². The van der Waals surface area contributed by atoms with Gasteiger partial charge in [0.25, 0.3) is 15.9 Å². The van der Waals surface area contributed by atoms with E-state index in [0.717, 1.165) is 11.3 Å². The molecule has 1 aliphatic heterocycles. The summed E-state index contributed by atoms with van der Waals surface area (Å²) in [6, 6.07) is 22.4. The quantitative estimate of drug-likeness (QED) is 0.496. The van der Waals surface area contributed by atoms with Gasteiger partial charge >= 0.3 is 0 Å². The fourth-order valence-electron chi connectivity index (χ4n) is 4.14. The number of hydrogen-bond donors (Lipinski definition) is 1. The molecule has 1 amide bonds. The molecule has 7 nitrogen and oxygen atoms in total. The zero-order valence-electron chi connectivity index (χ0n) is 20.0. The molecule has 4 rings (SSSR count). The summed E-state index contributed by atoms with van der Waals surface area (Å²) in [7, 11) is -2.28. The average molecular weight is 495 g/mol. The van der Waals surface area contributed by atoms with Gasteiger partial charge in [-0.25, -0.2) is 8.42 Å². The van der Waals surface area contributed by atoms with E-state index in [1.165, 1.54) is 4.31 Å². The first-order valence-electron chi connectivity index (χ1n) is 11.6. The first-order chi connectivity index (χ1) is 16.8. The lowest BCUT2D eigenvalue weighted by molar-refractivity contribution is -0.128. The molecule has 184 valence electrons. The SMILES string of the molecule is COc1ccc(C(CC(C)C)NC(=O)C2CN(S(=O)(=O)c3ccccc3)c3ccccc3O2)cc1. The topological polar surface area (TPSA) is 84.9 Å². The van der Waals surface area contributed by atoms with E-state index in [0.29, 0.717) is 23.8 Å². The van der Waals surface area contributed by atoms with Gasteiger partial charge < -0.3 is 14.8 Å². The molecule has 35 heavy (non-hydrogen) atoms. The molecule has 0 fully saturated rings. The number of carbonyl (C=O) groups excluding carboxylic acids is 1. The molecule has 3 aromatic rings. The van der Waals surface area contributed by atoms with E-state index in [1.807, 2.05) is 24.3 Å². The molecule has 0 saturated heterocycles. The summed E-state index contributed by atoms with van der Waals surface area (Å²) in [5, 5.41) is 3.09. The Morgan fingerprint density at radius 3 is 2.34 bits per heavy atom. The molecule has 3 aromatic carbocycles.